The topological polar surface area (TPSA) is 77.7 Å². The first-order valence-electron chi connectivity index (χ1n) is 8.29. The zero-order valence-electron chi connectivity index (χ0n) is 14.4. The van der Waals surface area contributed by atoms with Gasteiger partial charge in [-0.05, 0) is 47.5 Å². The lowest BCUT2D eigenvalue weighted by Gasteiger charge is -2.05. The number of hydrogen-bond acceptors (Lipinski definition) is 5. The maximum absolute atomic E-state index is 12.2. The molecule has 7 nitrogen and oxygen atoms in total. The number of aromatic nitrogens is 2. The molecule has 1 amide bonds. The summed E-state index contributed by atoms with van der Waals surface area (Å²) in [4.78, 5) is 12.2. The molecule has 0 saturated carbocycles. The third kappa shape index (κ3) is 4.11. The quantitative estimate of drug-likeness (QED) is 0.507. The van der Waals surface area contributed by atoms with E-state index in [0.29, 0.717) is 28.1 Å². The van der Waals surface area contributed by atoms with Crippen LogP contribution in [0, 0.1) is 0 Å². The lowest BCUT2D eigenvalue weighted by Crippen LogP contribution is -2.18. The van der Waals surface area contributed by atoms with Crippen molar-refractivity contribution in [2.24, 2.45) is 5.10 Å². The van der Waals surface area contributed by atoms with E-state index in [4.69, 9.17) is 32.7 Å². The minimum absolute atomic E-state index is 0.205. The summed E-state index contributed by atoms with van der Waals surface area (Å²) >= 11 is 12.1. The first kappa shape index (κ1) is 18.3. The van der Waals surface area contributed by atoms with Crippen molar-refractivity contribution in [3.63, 3.8) is 0 Å². The van der Waals surface area contributed by atoms with E-state index in [1.165, 1.54) is 6.21 Å². The number of hydrogen-bond donors (Lipinski definition) is 1. The summed E-state index contributed by atoms with van der Waals surface area (Å²) in [6, 6.07) is 12.2. The average Bonchev–Trinajstić information content (AvgIpc) is 3.33. The highest BCUT2D eigenvalue weighted by Crippen LogP contribution is 2.31. The molecule has 0 aliphatic carbocycles. The van der Waals surface area contributed by atoms with Gasteiger partial charge in [-0.3, -0.25) is 9.48 Å². The van der Waals surface area contributed by atoms with Crippen molar-refractivity contribution in [1.82, 2.24) is 15.2 Å². The Kier molecular flexibility index (Phi) is 5.18. The van der Waals surface area contributed by atoms with Gasteiger partial charge < -0.3 is 9.47 Å². The molecule has 0 radical (unpaired) electrons. The summed E-state index contributed by atoms with van der Waals surface area (Å²) in [6.45, 7) is 0.625. The molecule has 0 atom stereocenters. The number of nitrogens with one attached hydrogen (secondary N) is 1. The summed E-state index contributed by atoms with van der Waals surface area (Å²) in [6.07, 6.45) is 3.21. The fourth-order valence-corrected chi connectivity index (χ4v) is 3.08. The highest BCUT2D eigenvalue weighted by molar-refractivity contribution is 6.35. The number of carbonyl (C=O) groups is 1. The summed E-state index contributed by atoms with van der Waals surface area (Å²) < 4.78 is 12.2. The fraction of sp³-hybridized carbons (Fsp3) is 0.105. The van der Waals surface area contributed by atoms with Crippen molar-refractivity contribution in [2.45, 2.75) is 6.54 Å². The Hall–Kier alpha value is -3.03. The smallest absolute Gasteiger partial charge is 0.291 e. The third-order valence-electron chi connectivity index (χ3n) is 4.00. The van der Waals surface area contributed by atoms with E-state index in [2.05, 4.69) is 15.6 Å². The van der Waals surface area contributed by atoms with Crippen LogP contribution in [-0.4, -0.2) is 28.7 Å². The number of hydrazone groups is 1. The van der Waals surface area contributed by atoms with Gasteiger partial charge in [0, 0.05) is 16.2 Å². The lowest BCUT2D eigenvalue weighted by molar-refractivity contribution is 0.0949. The number of rotatable bonds is 5. The molecule has 1 aliphatic heterocycles. The van der Waals surface area contributed by atoms with Crippen molar-refractivity contribution >= 4 is 35.3 Å². The molecule has 1 aromatic heterocycles. The minimum atomic E-state index is -0.419. The maximum atomic E-state index is 12.2. The van der Waals surface area contributed by atoms with Crippen LogP contribution in [0.5, 0.6) is 11.5 Å². The van der Waals surface area contributed by atoms with Gasteiger partial charge in [0.2, 0.25) is 6.79 Å². The summed E-state index contributed by atoms with van der Waals surface area (Å²) in [5, 5.41) is 9.31. The van der Waals surface area contributed by atoms with E-state index in [1.807, 2.05) is 12.1 Å². The molecule has 0 spiro atoms. The van der Waals surface area contributed by atoms with Crippen LogP contribution in [-0.2, 0) is 6.54 Å². The fourth-order valence-electron chi connectivity index (χ4n) is 2.61. The number of fused-ring (bicyclic) bond motifs is 1. The van der Waals surface area contributed by atoms with Crippen molar-refractivity contribution in [3.8, 4) is 11.5 Å². The van der Waals surface area contributed by atoms with Crippen LogP contribution in [0.3, 0.4) is 0 Å². The molecule has 0 unspecified atom stereocenters. The van der Waals surface area contributed by atoms with Gasteiger partial charge in [-0.2, -0.15) is 10.2 Å². The maximum Gasteiger partial charge on any atom is 0.291 e. The number of benzene rings is 2. The molecule has 2 heterocycles. The van der Waals surface area contributed by atoms with Crippen molar-refractivity contribution < 1.29 is 14.3 Å². The van der Waals surface area contributed by atoms with Crippen LogP contribution >= 0.6 is 23.2 Å². The average molecular weight is 417 g/mol. The normalized spacial score (nSPS) is 12.5. The van der Waals surface area contributed by atoms with Gasteiger partial charge in [0.25, 0.3) is 5.91 Å². The first-order chi connectivity index (χ1) is 13.6. The molecular weight excluding hydrogens is 403 g/mol. The number of nitrogens with zero attached hydrogens (tertiary/aromatic N) is 3. The van der Waals surface area contributed by atoms with Crippen LogP contribution in [0.4, 0.5) is 0 Å². The molecule has 9 heteroatoms. The van der Waals surface area contributed by atoms with E-state index in [1.54, 1.807) is 41.2 Å². The molecule has 0 bridgehead atoms. The van der Waals surface area contributed by atoms with Gasteiger partial charge in [0.15, 0.2) is 17.2 Å². The number of ether oxygens (including phenoxy) is 2. The Labute approximate surface area is 170 Å². The number of carbonyl (C=O) groups excluding carboxylic acids is 1. The Morgan fingerprint density at radius 1 is 1.18 bits per heavy atom. The monoisotopic (exact) mass is 416 g/mol. The minimum Gasteiger partial charge on any atom is -0.454 e. The first-order valence-corrected chi connectivity index (χ1v) is 9.04. The Balaban J connectivity index is 1.37. The Bertz CT molecular complexity index is 1070. The summed E-state index contributed by atoms with van der Waals surface area (Å²) in [5.41, 5.74) is 4.31. The highest BCUT2D eigenvalue weighted by Gasteiger charge is 2.13. The molecule has 3 aromatic rings. The number of amides is 1. The van der Waals surface area contributed by atoms with Gasteiger partial charge in [0.1, 0.15) is 0 Å². The second-order valence-corrected chi connectivity index (χ2v) is 6.79. The summed E-state index contributed by atoms with van der Waals surface area (Å²) in [5.74, 6) is 0.917. The zero-order chi connectivity index (χ0) is 19.5. The Morgan fingerprint density at radius 2 is 2.04 bits per heavy atom. The second kappa shape index (κ2) is 7.92. The highest BCUT2D eigenvalue weighted by atomic mass is 35.5. The lowest BCUT2D eigenvalue weighted by atomic mass is 10.2. The van der Waals surface area contributed by atoms with Crippen LogP contribution in [0.2, 0.25) is 10.0 Å². The predicted octanol–water partition coefficient (Wildman–Crippen LogP) is 3.73. The van der Waals surface area contributed by atoms with Crippen LogP contribution in [0.25, 0.3) is 0 Å². The van der Waals surface area contributed by atoms with Gasteiger partial charge in [-0.25, -0.2) is 5.43 Å². The van der Waals surface area contributed by atoms with E-state index in [-0.39, 0.29) is 12.5 Å². The molecule has 2 aromatic carbocycles. The largest absolute Gasteiger partial charge is 0.454 e. The summed E-state index contributed by atoms with van der Waals surface area (Å²) in [7, 11) is 0. The van der Waals surface area contributed by atoms with E-state index in [0.717, 1.165) is 11.1 Å². The second-order valence-electron chi connectivity index (χ2n) is 5.95. The van der Waals surface area contributed by atoms with Crippen LogP contribution in [0.15, 0.2) is 53.8 Å². The zero-order valence-corrected chi connectivity index (χ0v) is 15.9. The van der Waals surface area contributed by atoms with Gasteiger partial charge in [-0.15, -0.1) is 0 Å². The Morgan fingerprint density at radius 3 is 2.89 bits per heavy atom. The SMILES string of the molecule is O=C(N/N=C\c1ccc2c(c1)OCO2)c1ccn(Cc2ccc(Cl)cc2Cl)n1. The van der Waals surface area contributed by atoms with Crippen molar-refractivity contribution in [1.29, 1.82) is 0 Å². The molecule has 0 saturated heterocycles. The molecule has 142 valence electrons. The molecule has 28 heavy (non-hydrogen) atoms. The van der Waals surface area contributed by atoms with Gasteiger partial charge in [-0.1, -0.05) is 29.3 Å². The van der Waals surface area contributed by atoms with Gasteiger partial charge >= 0.3 is 0 Å². The molecular formula is C19H14Cl2N4O3. The van der Waals surface area contributed by atoms with Crippen LogP contribution < -0.4 is 14.9 Å². The van der Waals surface area contributed by atoms with Crippen molar-refractivity contribution in [2.75, 3.05) is 6.79 Å². The van der Waals surface area contributed by atoms with E-state index >= 15 is 0 Å². The van der Waals surface area contributed by atoms with Gasteiger partial charge in [0.05, 0.1) is 12.8 Å². The van der Waals surface area contributed by atoms with E-state index < -0.39 is 5.91 Å². The van der Waals surface area contributed by atoms with E-state index in [9.17, 15) is 4.79 Å². The number of halogens is 2. The predicted molar refractivity (Wildman–Crippen MR) is 105 cm³/mol. The molecule has 1 N–H and O–H groups in total. The molecule has 4 rings (SSSR count). The third-order valence-corrected chi connectivity index (χ3v) is 4.58. The van der Waals surface area contributed by atoms with Crippen LogP contribution in [0.1, 0.15) is 21.6 Å². The molecule has 1 aliphatic rings. The molecule has 0 fully saturated rings. The van der Waals surface area contributed by atoms with Crippen molar-refractivity contribution in [3.05, 3.63) is 75.5 Å². The standard InChI is InChI=1S/C19H14Cl2N4O3/c20-14-3-2-13(15(21)8-14)10-25-6-5-16(24-25)19(26)23-22-9-12-1-4-17-18(7-12)28-11-27-17/h1-9H,10-11H2,(H,23,26)/b22-9-.